The highest BCUT2D eigenvalue weighted by Crippen LogP contribution is 2.29. The first-order valence-electron chi connectivity index (χ1n) is 7.15. The molecule has 2 amide bonds. The molecular weight excluding hydrogens is 367 g/mol. The second-order valence-electron chi connectivity index (χ2n) is 5.08. The smallest absolute Gasteiger partial charge is 0.237 e. The summed E-state index contributed by atoms with van der Waals surface area (Å²) < 4.78 is 0. The summed E-state index contributed by atoms with van der Waals surface area (Å²) in [6.45, 7) is 3.25. The topological polar surface area (TPSA) is 58.2 Å². The van der Waals surface area contributed by atoms with Crippen LogP contribution in [0.15, 0.2) is 47.4 Å². The zero-order valence-electron chi connectivity index (χ0n) is 13.1. The molecule has 2 aromatic carbocycles. The van der Waals surface area contributed by atoms with Crippen molar-refractivity contribution < 1.29 is 9.59 Å². The van der Waals surface area contributed by atoms with Crippen molar-refractivity contribution in [3.05, 3.63) is 52.5 Å². The average Bonchev–Trinajstić information content (AvgIpc) is 2.49. The van der Waals surface area contributed by atoms with Gasteiger partial charge < -0.3 is 10.6 Å². The Morgan fingerprint density at radius 1 is 1.08 bits per heavy atom. The van der Waals surface area contributed by atoms with Gasteiger partial charge in [-0.05, 0) is 43.3 Å². The molecular formula is C17H16Cl2N2O2S. The van der Waals surface area contributed by atoms with E-state index in [9.17, 15) is 9.59 Å². The van der Waals surface area contributed by atoms with Gasteiger partial charge in [-0.3, -0.25) is 9.59 Å². The number of anilines is 2. The zero-order chi connectivity index (χ0) is 17.7. The fourth-order valence-electron chi connectivity index (χ4n) is 1.93. The summed E-state index contributed by atoms with van der Waals surface area (Å²) in [5.74, 6) is -0.311. The van der Waals surface area contributed by atoms with Gasteiger partial charge in [0.05, 0.1) is 16.0 Å². The molecule has 0 fully saturated rings. The summed E-state index contributed by atoms with van der Waals surface area (Å²) in [6, 6.07) is 12.2. The lowest BCUT2D eigenvalue weighted by atomic mass is 10.3. The predicted molar refractivity (Wildman–Crippen MR) is 101 cm³/mol. The maximum atomic E-state index is 12.3. The number of benzene rings is 2. The minimum absolute atomic E-state index is 0.139. The molecule has 0 bridgehead atoms. The van der Waals surface area contributed by atoms with Gasteiger partial charge in [-0.25, -0.2) is 0 Å². The first kappa shape index (κ1) is 18.6. The molecule has 24 heavy (non-hydrogen) atoms. The van der Waals surface area contributed by atoms with E-state index in [1.165, 1.54) is 18.7 Å². The average molecular weight is 383 g/mol. The van der Waals surface area contributed by atoms with Crippen molar-refractivity contribution in [2.75, 3.05) is 10.6 Å². The molecule has 0 aliphatic rings. The fraction of sp³-hybridized carbons (Fsp3) is 0.176. The highest BCUT2D eigenvalue weighted by Gasteiger charge is 2.16. The van der Waals surface area contributed by atoms with Crippen LogP contribution in [0.2, 0.25) is 10.0 Å². The van der Waals surface area contributed by atoms with Crippen LogP contribution in [0.25, 0.3) is 0 Å². The van der Waals surface area contributed by atoms with E-state index >= 15 is 0 Å². The summed E-state index contributed by atoms with van der Waals surface area (Å²) in [5.41, 5.74) is 1.21. The molecule has 1 atom stereocenters. The maximum Gasteiger partial charge on any atom is 0.237 e. The van der Waals surface area contributed by atoms with Gasteiger partial charge in [-0.1, -0.05) is 29.3 Å². The molecule has 2 aromatic rings. The van der Waals surface area contributed by atoms with Crippen molar-refractivity contribution >= 4 is 58.2 Å². The Morgan fingerprint density at radius 3 is 2.50 bits per heavy atom. The third-order valence-corrected chi connectivity index (χ3v) is 4.67. The van der Waals surface area contributed by atoms with Crippen LogP contribution in [-0.2, 0) is 9.59 Å². The molecule has 0 aliphatic heterocycles. The monoisotopic (exact) mass is 382 g/mol. The molecule has 1 unspecified atom stereocenters. The van der Waals surface area contributed by atoms with E-state index < -0.39 is 0 Å². The van der Waals surface area contributed by atoms with E-state index in [-0.39, 0.29) is 17.1 Å². The number of halogens is 2. The Labute approximate surface area is 154 Å². The molecule has 0 saturated heterocycles. The summed E-state index contributed by atoms with van der Waals surface area (Å²) in [6.07, 6.45) is 0. The second-order valence-corrected chi connectivity index (χ2v) is 7.34. The van der Waals surface area contributed by atoms with Crippen LogP contribution in [0.5, 0.6) is 0 Å². The van der Waals surface area contributed by atoms with Crippen LogP contribution < -0.4 is 10.6 Å². The quantitative estimate of drug-likeness (QED) is 0.709. The molecule has 0 radical (unpaired) electrons. The Kier molecular flexibility index (Phi) is 6.54. The molecule has 2 N–H and O–H groups in total. The van der Waals surface area contributed by atoms with E-state index in [1.807, 2.05) is 18.2 Å². The van der Waals surface area contributed by atoms with Crippen LogP contribution >= 0.6 is 35.0 Å². The van der Waals surface area contributed by atoms with Gasteiger partial charge in [0.1, 0.15) is 0 Å². The summed E-state index contributed by atoms with van der Waals surface area (Å²) in [5, 5.41) is 6.06. The zero-order valence-corrected chi connectivity index (χ0v) is 15.4. The van der Waals surface area contributed by atoms with Crippen molar-refractivity contribution in [1.82, 2.24) is 0 Å². The second kappa shape index (κ2) is 8.42. The van der Waals surface area contributed by atoms with Gasteiger partial charge in [-0.15, -0.1) is 11.8 Å². The Bertz CT molecular complexity index is 768. The van der Waals surface area contributed by atoms with Gasteiger partial charge in [-0.2, -0.15) is 0 Å². The van der Waals surface area contributed by atoms with E-state index in [4.69, 9.17) is 23.2 Å². The molecule has 7 heteroatoms. The van der Waals surface area contributed by atoms with Gasteiger partial charge in [0, 0.05) is 22.5 Å². The van der Waals surface area contributed by atoms with Gasteiger partial charge in [0.2, 0.25) is 11.8 Å². The third-order valence-electron chi connectivity index (χ3n) is 3.03. The van der Waals surface area contributed by atoms with Gasteiger partial charge in [0.25, 0.3) is 0 Å². The molecule has 0 spiro atoms. The minimum atomic E-state index is -0.343. The van der Waals surface area contributed by atoms with E-state index in [0.29, 0.717) is 21.4 Å². The molecule has 0 saturated carbocycles. The summed E-state index contributed by atoms with van der Waals surface area (Å²) in [4.78, 5) is 24.3. The standard InChI is InChI=1S/C17H16Cl2N2O2S/c1-10(17(23)21-16-7-6-12(18)8-15(16)19)24-14-5-3-4-13(9-14)20-11(2)22/h3-10H,1-2H3,(H,20,22)(H,21,23). The predicted octanol–water partition coefficient (Wildman–Crippen LogP) is 5.07. The number of rotatable bonds is 5. The summed E-state index contributed by atoms with van der Waals surface area (Å²) >= 11 is 13.3. The van der Waals surface area contributed by atoms with E-state index in [1.54, 1.807) is 31.2 Å². The Morgan fingerprint density at radius 2 is 1.83 bits per heavy atom. The normalized spacial score (nSPS) is 11.7. The number of hydrogen-bond acceptors (Lipinski definition) is 3. The van der Waals surface area contributed by atoms with Crippen LogP contribution in [0.3, 0.4) is 0 Å². The maximum absolute atomic E-state index is 12.3. The van der Waals surface area contributed by atoms with Crippen LogP contribution in [0.1, 0.15) is 13.8 Å². The van der Waals surface area contributed by atoms with Gasteiger partial charge >= 0.3 is 0 Å². The van der Waals surface area contributed by atoms with Crippen molar-refractivity contribution in [2.24, 2.45) is 0 Å². The van der Waals surface area contributed by atoms with Crippen molar-refractivity contribution in [1.29, 1.82) is 0 Å². The molecule has 126 valence electrons. The highest BCUT2D eigenvalue weighted by atomic mass is 35.5. The fourth-order valence-corrected chi connectivity index (χ4v) is 3.32. The number of carbonyl (C=O) groups excluding carboxylic acids is 2. The van der Waals surface area contributed by atoms with Crippen molar-refractivity contribution in [2.45, 2.75) is 24.0 Å². The van der Waals surface area contributed by atoms with Crippen LogP contribution in [0.4, 0.5) is 11.4 Å². The lowest BCUT2D eigenvalue weighted by Gasteiger charge is -2.13. The molecule has 0 aliphatic carbocycles. The van der Waals surface area contributed by atoms with Crippen molar-refractivity contribution in [3.8, 4) is 0 Å². The van der Waals surface area contributed by atoms with Crippen LogP contribution in [0, 0.1) is 0 Å². The Hall–Kier alpha value is -1.69. The van der Waals surface area contributed by atoms with Gasteiger partial charge in [0.15, 0.2) is 0 Å². The summed E-state index contributed by atoms with van der Waals surface area (Å²) in [7, 11) is 0. The lowest BCUT2D eigenvalue weighted by Crippen LogP contribution is -2.22. The SMILES string of the molecule is CC(=O)Nc1cccc(SC(C)C(=O)Nc2ccc(Cl)cc2Cl)c1. The lowest BCUT2D eigenvalue weighted by molar-refractivity contribution is -0.115. The number of carbonyl (C=O) groups is 2. The largest absolute Gasteiger partial charge is 0.326 e. The first-order chi connectivity index (χ1) is 11.3. The van der Waals surface area contributed by atoms with Crippen molar-refractivity contribution in [3.63, 3.8) is 0 Å². The number of thioether (sulfide) groups is 1. The first-order valence-corrected chi connectivity index (χ1v) is 8.79. The van der Waals surface area contributed by atoms with E-state index in [0.717, 1.165) is 4.90 Å². The molecule has 0 aromatic heterocycles. The molecule has 4 nitrogen and oxygen atoms in total. The van der Waals surface area contributed by atoms with Crippen LogP contribution in [-0.4, -0.2) is 17.1 Å². The molecule has 2 rings (SSSR count). The highest BCUT2D eigenvalue weighted by molar-refractivity contribution is 8.00. The number of amides is 2. The third kappa shape index (κ3) is 5.44. The minimum Gasteiger partial charge on any atom is -0.326 e. The number of nitrogens with one attached hydrogen (secondary N) is 2. The number of hydrogen-bond donors (Lipinski definition) is 2. The Balaban J connectivity index is 2.02. The van der Waals surface area contributed by atoms with E-state index in [2.05, 4.69) is 10.6 Å². The molecule has 0 heterocycles.